The van der Waals surface area contributed by atoms with E-state index in [1.807, 2.05) is 0 Å². The second-order valence-electron chi connectivity index (χ2n) is 13.5. The van der Waals surface area contributed by atoms with Crippen LogP contribution in [0.3, 0.4) is 0 Å². The van der Waals surface area contributed by atoms with Crippen LogP contribution >= 0.6 is 23.2 Å². The largest absolute Gasteiger partial charge is 0.298 e. The molecule has 0 N–H and O–H groups in total. The molecule has 0 aromatic rings. The molecule has 0 aliphatic heterocycles. The van der Waals surface area contributed by atoms with E-state index in [0.717, 1.165) is 61.2 Å². The number of alkyl halides is 2. The van der Waals surface area contributed by atoms with E-state index >= 15 is 0 Å². The van der Waals surface area contributed by atoms with Gasteiger partial charge in [0.15, 0.2) is 5.78 Å². The van der Waals surface area contributed by atoms with Crippen LogP contribution in [-0.2, 0) is 4.79 Å². The molecule has 0 heterocycles. The highest BCUT2D eigenvalue weighted by atomic mass is 35.5. The quantitative estimate of drug-likeness (QED) is 0.337. The highest BCUT2D eigenvalue weighted by Gasteiger charge is 2.79. The Labute approximate surface area is 219 Å². The van der Waals surface area contributed by atoms with Crippen LogP contribution in [0.5, 0.6) is 0 Å². The summed E-state index contributed by atoms with van der Waals surface area (Å²) in [5, 5.41) is 0. The van der Waals surface area contributed by atoms with Crippen LogP contribution in [0, 0.1) is 46.3 Å². The van der Waals surface area contributed by atoms with Crippen LogP contribution in [0.4, 0.5) is 0 Å². The molecule has 2 spiro atoms. The molecule has 194 valence electrons. The van der Waals surface area contributed by atoms with Gasteiger partial charge < -0.3 is 0 Å². The fourth-order valence-electron chi connectivity index (χ4n) is 9.85. The van der Waals surface area contributed by atoms with Crippen molar-refractivity contribution in [1.82, 2.24) is 0 Å². The van der Waals surface area contributed by atoms with Crippen LogP contribution in [0.25, 0.3) is 0 Å². The number of Topliss-reactive ketones (excluding diaryl/α,β-unsaturated/α-hetero) is 1. The van der Waals surface area contributed by atoms with Crippen molar-refractivity contribution in [1.29, 1.82) is 0 Å². The Morgan fingerprint density at radius 3 is 1.35 bits per heavy atom. The van der Waals surface area contributed by atoms with E-state index in [-0.39, 0.29) is 0 Å². The van der Waals surface area contributed by atoms with E-state index < -0.39 is 15.2 Å². The second kappa shape index (κ2) is 10.2. The molecule has 1 nitrogen and oxygen atoms in total. The van der Waals surface area contributed by atoms with E-state index in [4.69, 9.17) is 23.2 Å². The van der Waals surface area contributed by atoms with Crippen molar-refractivity contribution >= 4 is 29.0 Å². The van der Waals surface area contributed by atoms with Gasteiger partial charge in [0.2, 0.25) is 0 Å². The van der Waals surface area contributed by atoms with Gasteiger partial charge in [-0.3, -0.25) is 4.79 Å². The third-order valence-corrected chi connectivity index (χ3v) is 13.7. The predicted octanol–water partition coefficient (Wildman–Crippen LogP) is 9.92. The third kappa shape index (κ3) is 4.14. The average molecular weight is 510 g/mol. The molecule has 5 saturated carbocycles. The average Bonchev–Trinajstić information content (AvgIpc) is 2.89. The molecule has 0 saturated heterocycles. The van der Waals surface area contributed by atoms with E-state index in [0.29, 0.717) is 5.78 Å². The van der Waals surface area contributed by atoms with Crippen molar-refractivity contribution in [3.63, 3.8) is 0 Å². The lowest BCUT2D eigenvalue weighted by Gasteiger charge is -2.67. The first-order valence-electron chi connectivity index (χ1n) is 15.3. The smallest absolute Gasteiger partial charge is 0.151 e. The first-order chi connectivity index (χ1) is 16.4. The number of halogens is 2. The minimum absolute atomic E-state index is 0.432. The van der Waals surface area contributed by atoms with Gasteiger partial charge in [0, 0.05) is 0 Å². The third-order valence-electron chi connectivity index (χ3n) is 12.2. The Kier molecular flexibility index (Phi) is 7.76. The summed E-state index contributed by atoms with van der Waals surface area (Å²) in [6.07, 6.45) is 23.9. The van der Waals surface area contributed by atoms with Crippen molar-refractivity contribution in [3.05, 3.63) is 0 Å². The molecule has 5 rings (SSSR count). The summed E-state index contributed by atoms with van der Waals surface area (Å²) >= 11 is 14.5. The van der Waals surface area contributed by atoms with Crippen molar-refractivity contribution in [3.8, 4) is 0 Å². The zero-order chi connectivity index (χ0) is 24.0. The summed E-state index contributed by atoms with van der Waals surface area (Å²) in [5.74, 6) is 5.77. The fraction of sp³-hybridized carbons (Fsp3) is 0.968. The number of hydrogen-bond donors (Lipinski definition) is 0. The summed E-state index contributed by atoms with van der Waals surface area (Å²) < 4.78 is -0.828. The molecular weight excluding hydrogens is 459 g/mol. The molecule has 34 heavy (non-hydrogen) atoms. The van der Waals surface area contributed by atoms with Gasteiger partial charge >= 0.3 is 0 Å². The van der Waals surface area contributed by atoms with Gasteiger partial charge in [-0.05, 0) is 113 Å². The predicted molar refractivity (Wildman–Crippen MR) is 144 cm³/mol. The first-order valence-corrected chi connectivity index (χ1v) is 16.0. The molecule has 3 heteroatoms. The minimum atomic E-state index is -0.828. The second-order valence-corrected chi connectivity index (χ2v) is 14.8. The molecule has 0 amide bonds. The summed E-state index contributed by atoms with van der Waals surface area (Å²) in [6.45, 7) is 4.67. The van der Waals surface area contributed by atoms with Crippen LogP contribution in [0.1, 0.15) is 136 Å². The van der Waals surface area contributed by atoms with Crippen LogP contribution < -0.4 is 0 Å². The van der Waals surface area contributed by atoms with Crippen LogP contribution in [0.2, 0.25) is 0 Å². The molecule has 0 atom stereocenters. The van der Waals surface area contributed by atoms with Gasteiger partial charge in [0.25, 0.3) is 0 Å². The monoisotopic (exact) mass is 508 g/mol. The molecule has 5 aliphatic rings. The lowest BCUT2D eigenvalue weighted by molar-refractivity contribution is -0.173. The van der Waals surface area contributed by atoms with Gasteiger partial charge in [-0.1, -0.05) is 82.0 Å². The Bertz CT molecular complexity index is 697. The van der Waals surface area contributed by atoms with E-state index in [1.54, 1.807) is 0 Å². The van der Waals surface area contributed by atoms with Crippen molar-refractivity contribution in [2.75, 3.05) is 0 Å². The number of hydrogen-bond acceptors (Lipinski definition) is 1. The maximum absolute atomic E-state index is 13.9. The van der Waals surface area contributed by atoms with Crippen molar-refractivity contribution in [2.45, 2.75) is 140 Å². The molecule has 5 fully saturated rings. The number of rotatable bonds is 5. The van der Waals surface area contributed by atoms with Gasteiger partial charge in [-0.2, -0.15) is 0 Å². The first kappa shape index (κ1) is 25.9. The molecule has 0 aromatic carbocycles. The highest BCUT2D eigenvalue weighted by molar-refractivity contribution is 6.55. The normalized spacial score (nSPS) is 47.0. The summed E-state index contributed by atoms with van der Waals surface area (Å²) in [7, 11) is 0. The highest BCUT2D eigenvalue weighted by Crippen LogP contribution is 2.75. The summed E-state index contributed by atoms with van der Waals surface area (Å²) in [6, 6.07) is 0. The van der Waals surface area contributed by atoms with Crippen LogP contribution in [-0.4, -0.2) is 10.1 Å². The Hall–Kier alpha value is 0.250. The molecule has 0 bridgehead atoms. The van der Waals surface area contributed by atoms with E-state index in [1.165, 1.54) is 96.3 Å². The van der Waals surface area contributed by atoms with E-state index in [9.17, 15) is 4.79 Å². The van der Waals surface area contributed by atoms with Gasteiger partial charge in [-0.15, -0.1) is 0 Å². The van der Waals surface area contributed by atoms with Crippen LogP contribution in [0.15, 0.2) is 0 Å². The molecular formula is C31H50Cl2O. The van der Waals surface area contributed by atoms with Crippen molar-refractivity contribution < 1.29 is 4.79 Å². The van der Waals surface area contributed by atoms with Gasteiger partial charge in [-0.25, -0.2) is 0 Å². The molecule has 0 aromatic heterocycles. The SMILES string of the molecule is CCC[C@H]1CC[C@H](C2CCC3(CC2)C(=O)C2(CCC([C@H]4CC[C@H](CC)CC4)CC2)C3(Cl)Cl)CC1. The lowest BCUT2D eigenvalue weighted by atomic mass is 9.41. The summed E-state index contributed by atoms with van der Waals surface area (Å²) in [4.78, 5) is 13.9. The zero-order valence-corrected chi connectivity index (χ0v) is 23.6. The molecule has 0 radical (unpaired) electrons. The molecule has 5 aliphatic carbocycles. The minimum Gasteiger partial charge on any atom is -0.298 e. The topological polar surface area (TPSA) is 17.1 Å². The zero-order valence-electron chi connectivity index (χ0n) is 22.1. The van der Waals surface area contributed by atoms with Gasteiger partial charge in [0.05, 0.1) is 10.8 Å². The summed E-state index contributed by atoms with van der Waals surface area (Å²) in [5.41, 5.74) is -0.865. The maximum Gasteiger partial charge on any atom is 0.151 e. The molecule has 0 unspecified atom stereocenters. The Balaban J connectivity index is 1.15. The maximum atomic E-state index is 13.9. The lowest BCUT2D eigenvalue weighted by Crippen LogP contribution is -2.74. The number of carbonyl (C=O) groups excluding carboxylic acids is 1. The Morgan fingerprint density at radius 1 is 0.618 bits per heavy atom. The number of ketones is 1. The standard InChI is InChI=1S/C31H50Cl2O/c1-3-5-23-8-12-25(13-9-23)27-16-20-30(21-17-27)28(34)29(31(30,32)33)18-14-26(15-19-29)24-10-6-22(4-2)7-11-24/h22-27H,3-21H2,1-2H3/t22-,23-,24-,25-,26?,27?,29?,30?. The van der Waals surface area contributed by atoms with E-state index in [2.05, 4.69) is 13.8 Å². The van der Waals surface area contributed by atoms with Crippen molar-refractivity contribution in [2.24, 2.45) is 46.3 Å². The fourth-order valence-corrected chi connectivity index (χ4v) is 11.0. The van der Waals surface area contributed by atoms with Gasteiger partial charge in [0.1, 0.15) is 4.33 Å². The Morgan fingerprint density at radius 2 is 1.00 bits per heavy atom. The number of carbonyl (C=O) groups is 1.